The molecule has 2 heterocycles. The zero-order valence-electron chi connectivity index (χ0n) is 20.9. The quantitative estimate of drug-likeness (QED) is 0.361. The van der Waals surface area contributed by atoms with Gasteiger partial charge in [-0.3, -0.25) is 14.4 Å². The van der Waals surface area contributed by atoms with Gasteiger partial charge in [0.05, 0.1) is 11.1 Å². The van der Waals surface area contributed by atoms with Crippen molar-refractivity contribution in [3.63, 3.8) is 0 Å². The van der Waals surface area contributed by atoms with E-state index in [9.17, 15) is 19.2 Å². The van der Waals surface area contributed by atoms with Crippen LogP contribution in [0.1, 0.15) is 30.5 Å². The van der Waals surface area contributed by atoms with Gasteiger partial charge in [-0.05, 0) is 35.4 Å². The van der Waals surface area contributed by atoms with E-state index in [2.05, 4.69) is 0 Å². The van der Waals surface area contributed by atoms with Crippen molar-refractivity contribution in [3.05, 3.63) is 106 Å². The summed E-state index contributed by atoms with van der Waals surface area (Å²) in [7, 11) is 0. The molecule has 0 amide bonds. The Morgan fingerprint density at radius 2 is 1.36 bits per heavy atom. The molecule has 6 rings (SSSR count). The third-order valence-electron chi connectivity index (χ3n) is 6.48. The van der Waals surface area contributed by atoms with Gasteiger partial charge >= 0.3 is 17.9 Å². The molecular formula is C31H20O8. The van der Waals surface area contributed by atoms with Gasteiger partial charge < -0.3 is 18.9 Å². The SMILES string of the molecule is CC(=O)Oc1ccc(C2=C3C(=C(c4ccccc4)C(=O)C4=C3c3ccc(OC(C)=O)cc3OC4)OC2=O)cc1. The maximum absolute atomic E-state index is 13.9. The predicted molar refractivity (Wildman–Crippen MR) is 139 cm³/mol. The van der Waals surface area contributed by atoms with E-state index in [0.29, 0.717) is 50.7 Å². The Balaban J connectivity index is 1.59. The topological polar surface area (TPSA) is 105 Å². The molecule has 3 aromatic rings. The number of rotatable bonds is 4. The molecule has 3 aliphatic rings. The van der Waals surface area contributed by atoms with Gasteiger partial charge in [0.25, 0.3) is 0 Å². The van der Waals surface area contributed by atoms with Gasteiger partial charge in [0, 0.05) is 42.2 Å². The van der Waals surface area contributed by atoms with E-state index in [0.717, 1.165) is 0 Å². The number of fused-ring (bicyclic) bond motifs is 4. The molecule has 0 N–H and O–H groups in total. The number of Topliss-reactive ketones (excluding diaryl/α,β-unsaturated/α-hetero) is 1. The van der Waals surface area contributed by atoms with E-state index in [1.54, 1.807) is 66.7 Å². The predicted octanol–water partition coefficient (Wildman–Crippen LogP) is 4.69. The van der Waals surface area contributed by atoms with E-state index in [1.165, 1.54) is 13.8 Å². The monoisotopic (exact) mass is 520 g/mol. The van der Waals surface area contributed by atoms with Gasteiger partial charge in [-0.15, -0.1) is 0 Å². The van der Waals surface area contributed by atoms with E-state index in [1.807, 2.05) is 6.07 Å². The first-order valence-electron chi connectivity index (χ1n) is 12.1. The lowest BCUT2D eigenvalue weighted by Crippen LogP contribution is -2.24. The fourth-order valence-electron chi connectivity index (χ4n) is 4.97. The lowest BCUT2D eigenvalue weighted by atomic mass is 9.77. The maximum Gasteiger partial charge on any atom is 0.344 e. The van der Waals surface area contributed by atoms with Crippen molar-refractivity contribution in [3.8, 4) is 17.2 Å². The molecule has 0 unspecified atom stereocenters. The Hall–Kier alpha value is -5.24. The van der Waals surface area contributed by atoms with E-state index < -0.39 is 17.9 Å². The summed E-state index contributed by atoms with van der Waals surface area (Å²) in [5, 5.41) is 0. The average molecular weight is 520 g/mol. The fraction of sp³-hybridized carbons (Fsp3) is 0.0968. The van der Waals surface area contributed by atoms with Crippen molar-refractivity contribution in [1.82, 2.24) is 0 Å². The number of esters is 3. The highest BCUT2D eigenvalue weighted by atomic mass is 16.5. The molecule has 39 heavy (non-hydrogen) atoms. The van der Waals surface area contributed by atoms with Crippen molar-refractivity contribution in [2.45, 2.75) is 13.8 Å². The highest BCUT2D eigenvalue weighted by Gasteiger charge is 2.45. The van der Waals surface area contributed by atoms with Gasteiger partial charge in [0.15, 0.2) is 11.5 Å². The summed E-state index contributed by atoms with van der Waals surface area (Å²) in [6, 6.07) is 20.4. The molecular weight excluding hydrogens is 500 g/mol. The second-order valence-electron chi connectivity index (χ2n) is 9.05. The smallest absolute Gasteiger partial charge is 0.344 e. The number of hydrogen-bond acceptors (Lipinski definition) is 8. The van der Waals surface area contributed by atoms with Crippen LogP contribution in [0.15, 0.2) is 89.7 Å². The molecule has 2 aliphatic heterocycles. The van der Waals surface area contributed by atoms with Crippen molar-refractivity contribution < 1.29 is 38.1 Å². The van der Waals surface area contributed by atoms with Crippen LogP contribution in [0.25, 0.3) is 16.7 Å². The molecule has 0 aromatic heterocycles. The molecule has 192 valence electrons. The molecule has 0 spiro atoms. The summed E-state index contributed by atoms with van der Waals surface area (Å²) in [5.74, 6) is -0.656. The van der Waals surface area contributed by atoms with Crippen molar-refractivity contribution in [1.29, 1.82) is 0 Å². The number of carbonyl (C=O) groups is 4. The molecule has 0 bridgehead atoms. The average Bonchev–Trinajstić information content (AvgIpc) is 3.24. The minimum absolute atomic E-state index is 0.0509. The van der Waals surface area contributed by atoms with Crippen LogP contribution in [-0.2, 0) is 23.9 Å². The van der Waals surface area contributed by atoms with E-state index in [4.69, 9.17) is 18.9 Å². The number of allylic oxidation sites excluding steroid dienone is 2. The molecule has 1 aliphatic carbocycles. The molecule has 3 aromatic carbocycles. The second-order valence-corrected chi connectivity index (χ2v) is 9.05. The number of benzene rings is 3. The lowest BCUT2D eigenvalue weighted by Gasteiger charge is -2.29. The first kappa shape index (κ1) is 24.1. The fourth-order valence-corrected chi connectivity index (χ4v) is 4.97. The van der Waals surface area contributed by atoms with Gasteiger partial charge in [0.2, 0.25) is 0 Å². The van der Waals surface area contributed by atoms with Crippen LogP contribution in [-0.4, -0.2) is 30.3 Å². The summed E-state index contributed by atoms with van der Waals surface area (Å²) in [4.78, 5) is 50.2. The lowest BCUT2D eigenvalue weighted by molar-refractivity contribution is -0.132. The molecule has 8 nitrogen and oxygen atoms in total. The Morgan fingerprint density at radius 1 is 0.718 bits per heavy atom. The zero-order chi connectivity index (χ0) is 27.3. The van der Waals surface area contributed by atoms with Crippen LogP contribution in [0, 0.1) is 0 Å². The molecule has 0 fully saturated rings. The standard InChI is InChI=1S/C31H20O8/c1-16(32)37-20-10-8-19(9-11-20)25-28-27-22-13-12-21(38-17(2)33)14-24(22)36-15-23(27)29(34)26(30(28)39-31(25)35)18-6-4-3-5-7-18/h3-14H,15H2,1-2H3. The molecule has 0 radical (unpaired) electrons. The van der Waals surface area contributed by atoms with E-state index >= 15 is 0 Å². The van der Waals surface area contributed by atoms with Crippen molar-refractivity contribution in [2.75, 3.05) is 6.61 Å². The first-order valence-corrected chi connectivity index (χ1v) is 12.1. The Bertz CT molecular complexity index is 1690. The summed E-state index contributed by atoms with van der Waals surface area (Å²) in [6.07, 6.45) is 0. The molecule has 0 saturated heterocycles. The molecule has 8 heteroatoms. The second kappa shape index (κ2) is 9.25. The summed E-state index contributed by atoms with van der Waals surface area (Å²) < 4.78 is 22.1. The highest BCUT2D eigenvalue weighted by molar-refractivity contribution is 6.39. The van der Waals surface area contributed by atoms with Crippen molar-refractivity contribution >= 4 is 40.4 Å². The van der Waals surface area contributed by atoms with Crippen LogP contribution in [0.2, 0.25) is 0 Å². The third-order valence-corrected chi connectivity index (χ3v) is 6.48. The number of carbonyl (C=O) groups excluding carboxylic acids is 4. The third kappa shape index (κ3) is 4.12. The number of hydrogen-bond donors (Lipinski definition) is 0. The normalized spacial score (nSPS) is 15.7. The van der Waals surface area contributed by atoms with Crippen molar-refractivity contribution in [2.24, 2.45) is 0 Å². The number of ketones is 1. The Kier molecular flexibility index (Phi) is 5.72. The van der Waals surface area contributed by atoms with Gasteiger partial charge in [0.1, 0.15) is 23.9 Å². The van der Waals surface area contributed by atoms with Crippen LogP contribution < -0.4 is 14.2 Å². The minimum atomic E-state index is -0.611. The Labute approximate surface area is 222 Å². The summed E-state index contributed by atoms with van der Waals surface area (Å²) >= 11 is 0. The Morgan fingerprint density at radius 3 is 2.05 bits per heavy atom. The van der Waals surface area contributed by atoms with Crippen LogP contribution in [0.5, 0.6) is 17.2 Å². The van der Waals surface area contributed by atoms with E-state index in [-0.39, 0.29) is 29.3 Å². The number of ether oxygens (including phenoxy) is 4. The van der Waals surface area contributed by atoms with Crippen LogP contribution >= 0.6 is 0 Å². The summed E-state index contributed by atoms with van der Waals surface area (Å²) in [6.45, 7) is 2.55. The van der Waals surface area contributed by atoms with Gasteiger partial charge in [-0.2, -0.15) is 0 Å². The minimum Gasteiger partial charge on any atom is -0.488 e. The van der Waals surface area contributed by atoms with Crippen LogP contribution in [0.4, 0.5) is 0 Å². The zero-order valence-corrected chi connectivity index (χ0v) is 20.9. The summed E-state index contributed by atoms with van der Waals surface area (Å²) in [5.41, 5.74) is 3.61. The van der Waals surface area contributed by atoms with Gasteiger partial charge in [-0.25, -0.2) is 4.79 Å². The first-order chi connectivity index (χ1) is 18.8. The highest BCUT2D eigenvalue weighted by Crippen LogP contribution is 2.52. The largest absolute Gasteiger partial charge is 0.488 e. The molecule has 0 atom stereocenters. The molecule has 0 saturated carbocycles. The van der Waals surface area contributed by atoms with Crippen LogP contribution in [0.3, 0.4) is 0 Å². The van der Waals surface area contributed by atoms with Gasteiger partial charge in [-0.1, -0.05) is 42.5 Å². The maximum atomic E-state index is 13.9.